The highest BCUT2D eigenvalue weighted by Crippen LogP contribution is 2.39. The Kier molecular flexibility index (Phi) is 8.93. The van der Waals surface area contributed by atoms with Gasteiger partial charge >= 0.3 is 0 Å². The molecule has 16 heteroatoms. The van der Waals surface area contributed by atoms with Gasteiger partial charge in [0, 0.05) is 21.5 Å². The second kappa shape index (κ2) is 13.0. The van der Waals surface area contributed by atoms with E-state index in [-0.39, 0.29) is 38.4 Å². The van der Waals surface area contributed by atoms with E-state index in [1.807, 2.05) is 30.3 Å². The summed E-state index contributed by atoms with van der Waals surface area (Å²) in [7, 11) is -13.7. The Bertz CT molecular complexity index is 2660. The van der Waals surface area contributed by atoms with Crippen LogP contribution in [0.25, 0.3) is 21.5 Å². The topological polar surface area (TPSA) is 213 Å². The zero-order valence-electron chi connectivity index (χ0n) is 25.0. The van der Waals surface area contributed by atoms with Crippen molar-refractivity contribution < 1.29 is 38.9 Å². The van der Waals surface area contributed by atoms with Crippen LogP contribution in [-0.2, 0) is 36.8 Å². The van der Waals surface area contributed by atoms with Gasteiger partial charge in [0.05, 0.1) is 32.5 Å². The van der Waals surface area contributed by atoms with Gasteiger partial charge in [-0.2, -0.15) is 30.4 Å². The Balaban J connectivity index is 1.47. The van der Waals surface area contributed by atoms with Crippen molar-refractivity contribution in [2.75, 3.05) is 0 Å². The lowest BCUT2D eigenvalue weighted by Crippen LogP contribution is -2.01. The molecule has 0 aliphatic heterocycles. The first-order valence-corrected chi connectivity index (χ1v) is 18.5. The Hall–Kier alpha value is -5.23. The summed E-state index contributed by atoms with van der Waals surface area (Å²) in [6, 6.07) is 29.0. The predicted octanol–water partition coefficient (Wildman–Crippen LogP) is 8.15. The number of hydrogen-bond acceptors (Lipinski definition) is 10. The SMILES string of the molecule is O=S(=O)(O)c1cccc(N=Nc2ccc(N=Nc3ccc(Cc4ccccc4)c4c(S(=O)(=O)O)cccc34)c3ccc(S(=O)(=O)O)cc23)c1. The summed E-state index contributed by atoms with van der Waals surface area (Å²) in [5.74, 6) is 0. The number of rotatable bonds is 9. The van der Waals surface area contributed by atoms with Gasteiger partial charge in [0.15, 0.2) is 0 Å². The maximum Gasteiger partial charge on any atom is 0.295 e. The van der Waals surface area contributed by atoms with Crippen LogP contribution in [0.3, 0.4) is 0 Å². The standard InChI is InChI=1S/C33H24N4O9S3/c38-47(39,40)24-9-4-8-23(19-24)34-35-31-17-16-29(26-14-13-25(20-28(26)31)48(41,42)43)36-37-30-15-12-22(18-21-6-2-1-3-7-21)33-27(30)10-5-11-32(33)49(44,45)46/h1-17,19-20H,18H2,(H,38,39,40)(H,41,42,43)(H,44,45,46). The van der Waals surface area contributed by atoms with Crippen LogP contribution in [0.5, 0.6) is 0 Å². The van der Waals surface area contributed by atoms with Crippen molar-refractivity contribution in [1.29, 1.82) is 0 Å². The second-order valence-electron chi connectivity index (χ2n) is 10.7. The van der Waals surface area contributed by atoms with Crippen molar-refractivity contribution in [2.45, 2.75) is 21.1 Å². The smallest absolute Gasteiger partial charge is 0.282 e. The van der Waals surface area contributed by atoms with Crippen molar-refractivity contribution in [3.05, 3.63) is 126 Å². The molecule has 248 valence electrons. The van der Waals surface area contributed by atoms with Crippen LogP contribution in [0.15, 0.2) is 150 Å². The van der Waals surface area contributed by atoms with Crippen molar-refractivity contribution in [1.82, 2.24) is 0 Å². The first kappa shape index (κ1) is 33.7. The first-order chi connectivity index (χ1) is 23.2. The van der Waals surface area contributed by atoms with Gasteiger partial charge in [0.1, 0.15) is 4.90 Å². The third-order valence-electron chi connectivity index (χ3n) is 7.48. The monoisotopic (exact) mass is 716 g/mol. The van der Waals surface area contributed by atoms with Crippen LogP contribution in [-0.4, -0.2) is 38.9 Å². The zero-order chi connectivity index (χ0) is 35.0. The van der Waals surface area contributed by atoms with Gasteiger partial charge in [-0.25, -0.2) is 0 Å². The van der Waals surface area contributed by atoms with E-state index < -0.39 is 40.1 Å². The molecule has 3 N–H and O–H groups in total. The van der Waals surface area contributed by atoms with E-state index in [4.69, 9.17) is 0 Å². The van der Waals surface area contributed by atoms with E-state index in [0.29, 0.717) is 22.8 Å². The molecule has 6 aromatic rings. The second-order valence-corrected chi connectivity index (χ2v) is 15.0. The molecule has 0 fully saturated rings. The Morgan fingerprint density at radius 2 is 1.06 bits per heavy atom. The maximum atomic E-state index is 12.4. The molecule has 0 radical (unpaired) electrons. The minimum Gasteiger partial charge on any atom is -0.282 e. The zero-order valence-corrected chi connectivity index (χ0v) is 27.4. The fourth-order valence-corrected chi connectivity index (χ4v) is 7.03. The molecule has 0 aliphatic rings. The Labute approximate surface area is 280 Å². The van der Waals surface area contributed by atoms with E-state index >= 15 is 0 Å². The van der Waals surface area contributed by atoms with Crippen molar-refractivity contribution in [2.24, 2.45) is 20.5 Å². The molecule has 0 atom stereocenters. The third kappa shape index (κ3) is 7.44. The lowest BCUT2D eigenvalue weighted by molar-refractivity contribution is 0.481. The average Bonchev–Trinajstić information content (AvgIpc) is 3.06. The molecular formula is C33H24N4O9S3. The number of hydrogen-bond donors (Lipinski definition) is 3. The molecule has 0 spiro atoms. The molecule has 0 aliphatic carbocycles. The summed E-state index contributed by atoms with van der Waals surface area (Å²) in [4.78, 5) is -1.12. The van der Waals surface area contributed by atoms with Crippen LogP contribution >= 0.6 is 0 Å². The van der Waals surface area contributed by atoms with Crippen molar-refractivity contribution >= 4 is 74.6 Å². The molecule has 6 rings (SSSR count). The lowest BCUT2D eigenvalue weighted by Gasteiger charge is -2.12. The van der Waals surface area contributed by atoms with E-state index in [1.54, 1.807) is 18.2 Å². The Morgan fingerprint density at radius 3 is 1.73 bits per heavy atom. The molecule has 0 saturated heterocycles. The van der Waals surface area contributed by atoms with Gasteiger partial charge in [-0.1, -0.05) is 60.7 Å². The molecule has 0 amide bonds. The van der Waals surface area contributed by atoms with Gasteiger partial charge in [-0.15, -0.1) is 15.3 Å². The molecule has 0 bridgehead atoms. The summed E-state index contributed by atoms with van der Waals surface area (Å²) in [5, 5.41) is 18.2. The van der Waals surface area contributed by atoms with Crippen LogP contribution < -0.4 is 0 Å². The van der Waals surface area contributed by atoms with Gasteiger partial charge in [-0.05, 0) is 72.1 Å². The maximum absolute atomic E-state index is 12.4. The minimum absolute atomic E-state index is 0.0739. The van der Waals surface area contributed by atoms with Crippen LogP contribution in [0, 0.1) is 0 Å². The molecule has 0 heterocycles. The summed E-state index contributed by atoms with van der Waals surface area (Å²) in [5.41, 5.74) is 2.28. The molecule has 49 heavy (non-hydrogen) atoms. The van der Waals surface area contributed by atoms with Crippen LogP contribution in [0.1, 0.15) is 11.1 Å². The predicted molar refractivity (Wildman–Crippen MR) is 181 cm³/mol. The van der Waals surface area contributed by atoms with E-state index in [1.165, 1.54) is 60.7 Å². The minimum atomic E-state index is -4.63. The highest BCUT2D eigenvalue weighted by molar-refractivity contribution is 7.86. The quantitative estimate of drug-likeness (QED) is 0.0971. The summed E-state index contributed by atoms with van der Waals surface area (Å²) in [6.07, 6.45) is 0.373. The molecule has 13 nitrogen and oxygen atoms in total. The van der Waals surface area contributed by atoms with E-state index in [2.05, 4.69) is 20.5 Å². The fraction of sp³-hybridized carbons (Fsp3) is 0.0303. The highest BCUT2D eigenvalue weighted by atomic mass is 32.2. The molecule has 0 unspecified atom stereocenters. The van der Waals surface area contributed by atoms with E-state index in [9.17, 15) is 38.9 Å². The van der Waals surface area contributed by atoms with Crippen LogP contribution in [0.2, 0.25) is 0 Å². The molecular weight excluding hydrogens is 693 g/mol. The van der Waals surface area contributed by atoms with Crippen molar-refractivity contribution in [3.8, 4) is 0 Å². The Morgan fingerprint density at radius 1 is 0.469 bits per heavy atom. The number of benzene rings is 6. The summed E-state index contributed by atoms with van der Waals surface area (Å²) in [6.45, 7) is 0. The third-order valence-corrected chi connectivity index (χ3v) is 10.1. The van der Waals surface area contributed by atoms with Gasteiger partial charge < -0.3 is 0 Å². The van der Waals surface area contributed by atoms with Gasteiger partial charge in [-0.3, -0.25) is 13.7 Å². The highest BCUT2D eigenvalue weighted by Gasteiger charge is 2.19. The summed E-state index contributed by atoms with van der Waals surface area (Å²) >= 11 is 0. The number of fused-ring (bicyclic) bond motifs is 2. The molecule has 6 aromatic carbocycles. The first-order valence-electron chi connectivity index (χ1n) is 14.2. The fourth-order valence-electron chi connectivity index (χ4n) is 5.25. The molecule has 0 saturated carbocycles. The molecule has 0 aromatic heterocycles. The number of azo groups is 2. The van der Waals surface area contributed by atoms with Crippen LogP contribution in [0.4, 0.5) is 22.7 Å². The summed E-state index contributed by atoms with van der Waals surface area (Å²) < 4.78 is 101. The van der Waals surface area contributed by atoms with E-state index in [0.717, 1.165) is 11.6 Å². The number of nitrogens with zero attached hydrogens (tertiary/aromatic N) is 4. The lowest BCUT2D eigenvalue weighted by atomic mass is 9.97. The van der Waals surface area contributed by atoms with Gasteiger partial charge in [0.2, 0.25) is 0 Å². The van der Waals surface area contributed by atoms with Gasteiger partial charge in [0.25, 0.3) is 30.4 Å². The average molecular weight is 717 g/mol. The van der Waals surface area contributed by atoms with Crippen molar-refractivity contribution in [3.63, 3.8) is 0 Å². The largest absolute Gasteiger partial charge is 0.295 e. The normalized spacial score (nSPS) is 12.8.